The standard InChI is InChI=1S/C13H14FNO3/c1-3-18-13(17)7-6-12(16)15-10-4-5-11(14)9(2)8-10/h4-8H,3H2,1-2H3,(H,15,16)/b7-6-. The molecule has 0 fully saturated rings. The highest BCUT2D eigenvalue weighted by atomic mass is 19.1. The van der Waals surface area contributed by atoms with Crippen molar-refractivity contribution in [1.82, 2.24) is 0 Å². The molecule has 4 nitrogen and oxygen atoms in total. The molecule has 0 aromatic heterocycles. The van der Waals surface area contributed by atoms with Crippen LogP contribution < -0.4 is 5.32 Å². The fourth-order valence-electron chi connectivity index (χ4n) is 1.24. The van der Waals surface area contributed by atoms with Crippen molar-refractivity contribution in [2.24, 2.45) is 0 Å². The highest BCUT2D eigenvalue weighted by Gasteiger charge is 2.02. The van der Waals surface area contributed by atoms with E-state index in [0.29, 0.717) is 11.3 Å². The number of amides is 1. The second-order valence-electron chi connectivity index (χ2n) is 3.54. The predicted octanol–water partition coefficient (Wildman–Crippen LogP) is 2.19. The van der Waals surface area contributed by atoms with Crippen LogP contribution in [0, 0.1) is 12.7 Å². The lowest BCUT2D eigenvalue weighted by Gasteiger charge is -2.03. The topological polar surface area (TPSA) is 55.4 Å². The molecule has 0 aliphatic heterocycles. The van der Waals surface area contributed by atoms with E-state index in [1.54, 1.807) is 13.8 Å². The van der Waals surface area contributed by atoms with E-state index in [4.69, 9.17) is 0 Å². The number of carbonyl (C=O) groups is 2. The largest absolute Gasteiger partial charge is 0.463 e. The molecule has 0 spiro atoms. The van der Waals surface area contributed by atoms with E-state index in [0.717, 1.165) is 12.2 Å². The van der Waals surface area contributed by atoms with Gasteiger partial charge in [0, 0.05) is 17.8 Å². The molecule has 0 aliphatic carbocycles. The number of anilines is 1. The SMILES string of the molecule is CCOC(=O)/C=C\C(=O)Nc1ccc(F)c(C)c1. The number of carbonyl (C=O) groups excluding carboxylic acids is 2. The molecular formula is C13H14FNO3. The molecule has 0 aliphatic rings. The van der Waals surface area contributed by atoms with Gasteiger partial charge >= 0.3 is 5.97 Å². The van der Waals surface area contributed by atoms with Crippen LogP contribution in [0.3, 0.4) is 0 Å². The van der Waals surface area contributed by atoms with Gasteiger partial charge in [0.15, 0.2) is 0 Å². The van der Waals surface area contributed by atoms with Crippen LogP contribution in [0.25, 0.3) is 0 Å². The summed E-state index contributed by atoms with van der Waals surface area (Å²) in [5, 5.41) is 2.51. The monoisotopic (exact) mass is 251 g/mol. The zero-order valence-electron chi connectivity index (χ0n) is 10.2. The summed E-state index contributed by atoms with van der Waals surface area (Å²) in [7, 11) is 0. The van der Waals surface area contributed by atoms with Crippen LogP contribution in [-0.4, -0.2) is 18.5 Å². The lowest BCUT2D eigenvalue weighted by molar-refractivity contribution is -0.137. The third kappa shape index (κ3) is 4.37. The van der Waals surface area contributed by atoms with Crippen LogP contribution in [0.4, 0.5) is 10.1 Å². The Labute approximate surface area is 104 Å². The lowest BCUT2D eigenvalue weighted by atomic mass is 10.2. The summed E-state index contributed by atoms with van der Waals surface area (Å²) in [5.41, 5.74) is 0.898. The van der Waals surface area contributed by atoms with Gasteiger partial charge in [-0.1, -0.05) is 0 Å². The van der Waals surface area contributed by atoms with Gasteiger partial charge in [-0.3, -0.25) is 4.79 Å². The van der Waals surface area contributed by atoms with Crippen molar-refractivity contribution >= 4 is 17.6 Å². The average Bonchev–Trinajstić information content (AvgIpc) is 2.32. The van der Waals surface area contributed by atoms with E-state index in [2.05, 4.69) is 10.1 Å². The van der Waals surface area contributed by atoms with Gasteiger partial charge in [0.25, 0.3) is 0 Å². The molecule has 1 amide bonds. The highest BCUT2D eigenvalue weighted by molar-refractivity contribution is 6.02. The predicted molar refractivity (Wildman–Crippen MR) is 65.5 cm³/mol. The first-order valence-corrected chi connectivity index (χ1v) is 5.45. The minimum absolute atomic E-state index is 0.252. The maximum absolute atomic E-state index is 13.0. The molecule has 96 valence electrons. The van der Waals surface area contributed by atoms with Crippen molar-refractivity contribution in [3.05, 3.63) is 41.7 Å². The van der Waals surface area contributed by atoms with E-state index < -0.39 is 11.9 Å². The first-order chi connectivity index (χ1) is 8.52. The van der Waals surface area contributed by atoms with Gasteiger partial charge in [0.1, 0.15) is 5.82 Å². The van der Waals surface area contributed by atoms with Crippen molar-refractivity contribution in [2.75, 3.05) is 11.9 Å². The molecule has 0 radical (unpaired) electrons. The lowest BCUT2D eigenvalue weighted by Crippen LogP contribution is -2.09. The highest BCUT2D eigenvalue weighted by Crippen LogP contribution is 2.13. The molecule has 0 unspecified atom stereocenters. The number of hydrogen-bond donors (Lipinski definition) is 1. The minimum Gasteiger partial charge on any atom is -0.463 e. The van der Waals surface area contributed by atoms with Crippen molar-refractivity contribution in [1.29, 1.82) is 0 Å². The van der Waals surface area contributed by atoms with Gasteiger partial charge < -0.3 is 10.1 Å². The molecule has 5 heteroatoms. The summed E-state index contributed by atoms with van der Waals surface area (Å²) in [5.74, 6) is -1.40. The molecule has 0 atom stereocenters. The Bertz CT molecular complexity index is 483. The number of ether oxygens (including phenoxy) is 1. The third-order valence-electron chi connectivity index (χ3n) is 2.08. The van der Waals surface area contributed by atoms with E-state index in [1.807, 2.05) is 0 Å². The molecule has 1 aromatic carbocycles. The van der Waals surface area contributed by atoms with E-state index in [1.165, 1.54) is 18.2 Å². The number of rotatable bonds is 4. The van der Waals surface area contributed by atoms with Crippen molar-refractivity contribution in [3.63, 3.8) is 0 Å². The number of benzene rings is 1. The molecule has 0 heterocycles. The maximum Gasteiger partial charge on any atom is 0.330 e. The van der Waals surface area contributed by atoms with Gasteiger partial charge in [-0.15, -0.1) is 0 Å². The van der Waals surface area contributed by atoms with Crippen molar-refractivity contribution in [3.8, 4) is 0 Å². The molecule has 0 saturated heterocycles. The molecule has 1 rings (SSSR count). The second-order valence-corrected chi connectivity index (χ2v) is 3.54. The number of aryl methyl sites for hydroxylation is 1. The zero-order valence-corrected chi connectivity index (χ0v) is 10.2. The van der Waals surface area contributed by atoms with Crippen molar-refractivity contribution < 1.29 is 18.7 Å². The van der Waals surface area contributed by atoms with E-state index in [-0.39, 0.29) is 12.4 Å². The average molecular weight is 251 g/mol. The van der Waals surface area contributed by atoms with Crippen LogP contribution in [0.5, 0.6) is 0 Å². The molecule has 1 N–H and O–H groups in total. The van der Waals surface area contributed by atoms with Gasteiger partial charge in [0.05, 0.1) is 6.61 Å². The van der Waals surface area contributed by atoms with Gasteiger partial charge in [-0.25, -0.2) is 9.18 Å². The fraction of sp³-hybridized carbons (Fsp3) is 0.231. The van der Waals surface area contributed by atoms with Crippen LogP contribution in [-0.2, 0) is 14.3 Å². The number of halogens is 1. The van der Waals surface area contributed by atoms with Crippen LogP contribution in [0.2, 0.25) is 0 Å². The van der Waals surface area contributed by atoms with E-state index in [9.17, 15) is 14.0 Å². The first-order valence-electron chi connectivity index (χ1n) is 5.45. The Morgan fingerprint density at radius 1 is 1.39 bits per heavy atom. The Balaban J connectivity index is 2.59. The first kappa shape index (κ1) is 13.9. The summed E-state index contributed by atoms with van der Waals surface area (Å²) in [6.45, 7) is 3.52. The summed E-state index contributed by atoms with van der Waals surface area (Å²) in [6, 6.07) is 4.21. The number of hydrogen-bond acceptors (Lipinski definition) is 3. The van der Waals surface area contributed by atoms with Crippen LogP contribution in [0.15, 0.2) is 30.4 Å². The van der Waals surface area contributed by atoms with Gasteiger partial charge in [0.2, 0.25) is 5.91 Å². The summed E-state index contributed by atoms with van der Waals surface area (Å²) in [4.78, 5) is 22.4. The molecular weight excluding hydrogens is 237 g/mol. The summed E-state index contributed by atoms with van der Waals surface area (Å²) >= 11 is 0. The van der Waals surface area contributed by atoms with Gasteiger partial charge in [-0.05, 0) is 37.6 Å². The van der Waals surface area contributed by atoms with Crippen LogP contribution in [0.1, 0.15) is 12.5 Å². The Morgan fingerprint density at radius 3 is 2.72 bits per heavy atom. The fourth-order valence-corrected chi connectivity index (χ4v) is 1.24. The third-order valence-corrected chi connectivity index (χ3v) is 2.08. The molecule has 0 saturated carbocycles. The number of esters is 1. The Hall–Kier alpha value is -2.17. The number of nitrogens with one attached hydrogen (secondary N) is 1. The summed E-state index contributed by atoms with van der Waals surface area (Å²) in [6.07, 6.45) is 2.10. The minimum atomic E-state index is -0.581. The van der Waals surface area contributed by atoms with E-state index >= 15 is 0 Å². The smallest absolute Gasteiger partial charge is 0.330 e. The summed E-state index contributed by atoms with van der Waals surface area (Å²) < 4.78 is 17.6. The Morgan fingerprint density at radius 2 is 2.11 bits per heavy atom. The maximum atomic E-state index is 13.0. The normalized spacial score (nSPS) is 10.4. The Kier molecular flexibility index (Phi) is 5.05. The van der Waals surface area contributed by atoms with Gasteiger partial charge in [-0.2, -0.15) is 0 Å². The van der Waals surface area contributed by atoms with Crippen LogP contribution >= 0.6 is 0 Å². The molecule has 1 aromatic rings. The molecule has 0 bridgehead atoms. The zero-order chi connectivity index (χ0) is 13.5. The molecule has 18 heavy (non-hydrogen) atoms. The quantitative estimate of drug-likeness (QED) is 0.659. The van der Waals surface area contributed by atoms with Crippen molar-refractivity contribution in [2.45, 2.75) is 13.8 Å². The second kappa shape index (κ2) is 6.54.